The normalized spacial score (nSPS) is 19.4. The van der Waals surface area contributed by atoms with Gasteiger partial charge in [-0.15, -0.1) is 0 Å². The Morgan fingerprint density at radius 3 is 1.44 bits per heavy atom. The number of carbonyl (C=O) groups is 2. The topological polar surface area (TPSA) is 190 Å². The smallest absolute Gasteiger partial charge is 0.319 e. The number of hydrogen-bond acceptors (Lipinski definition) is 9. The van der Waals surface area contributed by atoms with Crippen molar-refractivity contribution in [1.29, 1.82) is 0 Å². The number of aliphatic hydroxyl groups excluding tert-OH is 5. The van der Waals surface area contributed by atoms with E-state index in [1.165, 1.54) is 185 Å². The Morgan fingerprint density at radius 2 is 1.00 bits per heavy atom. The third kappa shape index (κ3) is 32.3. The molecular weight excluding hydrogens is 942 g/mol. The minimum Gasteiger partial charge on any atom is -0.390 e. The van der Waals surface area contributed by atoms with Crippen LogP contribution in [0.25, 0.3) is 0 Å². The quantitative estimate of drug-likeness (QED) is 0.0294. The molecule has 1 aliphatic heterocycles. The van der Waals surface area contributed by atoms with Crippen LogP contribution in [0.3, 0.4) is 0 Å². The summed E-state index contributed by atoms with van der Waals surface area (Å²) in [4.78, 5) is 25.9. The van der Waals surface area contributed by atoms with Gasteiger partial charge in [-0.1, -0.05) is 255 Å². The van der Waals surface area contributed by atoms with Crippen molar-refractivity contribution in [3.8, 4) is 0 Å². The molecule has 0 aliphatic carbocycles. The monoisotopic (exact) mass is 1040 g/mol. The van der Waals surface area contributed by atoms with Crippen molar-refractivity contribution in [3.05, 3.63) is 28.2 Å². The highest BCUT2D eigenvalue weighted by Gasteiger charge is 2.45. The molecule has 3 amide bonds. The first-order valence-electron chi connectivity index (χ1n) is 28.9. The summed E-state index contributed by atoms with van der Waals surface area (Å²) in [7, 11) is 0. The lowest BCUT2D eigenvalue weighted by molar-refractivity contribution is -0.297. The molecule has 0 unspecified atom stereocenters. The molecule has 0 radical (unpaired) electrons. The van der Waals surface area contributed by atoms with Gasteiger partial charge < -0.3 is 51.0 Å². The van der Waals surface area contributed by atoms with Crippen LogP contribution in [0.5, 0.6) is 0 Å². The van der Waals surface area contributed by atoms with Crippen molar-refractivity contribution in [3.63, 3.8) is 0 Å². The Kier molecular flexibility index (Phi) is 40.0. The lowest BCUT2D eigenvalue weighted by Crippen LogP contribution is -2.61. The molecule has 0 saturated carbocycles. The molecule has 12 nitrogen and oxygen atoms in total. The number of rotatable bonds is 46. The van der Waals surface area contributed by atoms with E-state index in [9.17, 15) is 35.1 Å². The van der Waals surface area contributed by atoms with Crippen molar-refractivity contribution in [2.75, 3.05) is 18.5 Å². The fourth-order valence-corrected chi connectivity index (χ4v) is 9.87. The van der Waals surface area contributed by atoms with Crippen LogP contribution in [0.4, 0.5) is 10.5 Å². The number of carbonyl (C=O) groups excluding carboxylic acids is 2. The van der Waals surface area contributed by atoms with Crippen LogP contribution in [0.1, 0.15) is 251 Å². The van der Waals surface area contributed by atoms with Gasteiger partial charge in [-0.3, -0.25) is 4.79 Å². The van der Waals surface area contributed by atoms with Gasteiger partial charge in [0, 0.05) is 18.7 Å². The van der Waals surface area contributed by atoms with E-state index in [1.54, 1.807) is 6.07 Å². The SMILES string of the molecule is CCCCCCCCCCCCCCCCCCCCCCCCCC(=O)N[C@@H](CO[C@H]1O[C@H](CNC(=O)Nc2ccc(Cl)c(Cl)c2)[C@H](O)[C@H](O)[C@H]1O)[C@H](O)[C@H](O)CCCCCCCCCCCCCC. The Hall–Kier alpha value is -1.74. The molecule has 414 valence electrons. The van der Waals surface area contributed by atoms with E-state index in [-0.39, 0.29) is 30.5 Å². The average molecular weight is 1050 g/mol. The van der Waals surface area contributed by atoms with Crippen molar-refractivity contribution < 1.29 is 44.6 Å². The van der Waals surface area contributed by atoms with E-state index in [2.05, 4.69) is 29.8 Å². The van der Waals surface area contributed by atoms with Gasteiger partial charge in [0.2, 0.25) is 5.91 Å². The Labute approximate surface area is 441 Å². The maximum Gasteiger partial charge on any atom is 0.319 e. The standard InChI is InChI=1S/C57H103Cl2N3O9/c1-3-5-7-9-11-13-15-17-18-19-20-21-22-23-24-25-26-27-29-31-33-35-37-39-51(64)62-48(52(65)49(63)38-36-34-32-30-28-16-14-12-10-8-6-4-2)44-70-56-55(68)54(67)53(66)50(71-56)43-60-57(69)61-45-40-41-46(58)47(59)42-45/h40-42,48-50,52-56,63,65-68H,3-39,43-44H2,1-2H3,(H,62,64)(H2,60,61,69)/t48-,49+,50+,52-,53-,54-,55+,56-/m0/s1. The number of nitrogens with one attached hydrogen (secondary N) is 3. The van der Waals surface area contributed by atoms with Crippen LogP contribution in [-0.4, -0.2) is 99.6 Å². The highest BCUT2D eigenvalue weighted by Crippen LogP contribution is 2.26. The maximum absolute atomic E-state index is 13.3. The second kappa shape index (κ2) is 43.5. The molecule has 1 saturated heterocycles. The summed E-state index contributed by atoms with van der Waals surface area (Å²) >= 11 is 12.0. The number of anilines is 1. The molecule has 0 aromatic heterocycles. The number of amides is 3. The van der Waals surface area contributed by atoms with E-state index in [1.807, 2.05) is 0 Å². The van der Waals surface area contributed by atoms with Crippen LogP contribution in [0.2, 0.25) is 10.0 Å². The number of hydrogen-bond donors (Lipinski definition) is 8. The van der Waals surface area contributed by atoms with Crippen LogP contribution < -0.4 is 16.0 Å². The predicted molar refractivity (Wildman–Crippen MR) is 292 cm³/mol. The third-order valence-corrected chi connectivity index (χ3v) is 15.0. The predicted octanol–water partition coefficient (Wildman–Crippen LogP) is 13.6. The summed E-state index contributed by atoms with van der Waals surface area (Å²) < 4.78 is 11.7. The van der Waals surface area contributed by atoms with Gasteiger partial charge in [-0.25, -0.2) is 4.79 Å². The van der Waals surface area contributed by atoms with E-state index < -0.39 is 55.0 Å². The van der Waals surface area contributed by atoms with E-state index in [0.717, 1.165) is 44.9 Å². The number of benzene rings is 1. The number of halogens is 2. The van der Waals surface area contributed by atoms with Crippen molar-refractivity contribution in [1.82, 2.24) is 10.6 Å². The zero-order chi connectivity index (χ0) is 51.7. The van der Waals surface area contributed by atoms with Gasteiger partial charge in [0.25, 0.3) is 0 Å². The third-order valence-electron chi connectivity index (χ3n) is 14.3. The lowest BCUT2D eigenvalue weighted by atomic mass is 9.98. The van der Waals surface area contributed by atoms with Crippen molar-refractivity contribution >= 4 is 40.8 Å². The number of ether oxygens (including phenoxy) is 2. The fourth-order valence-electron chi connectivity index (χ4n) is 9.57. The number of unbranched alkanes of at least 4 members (excludes halogenated alkanes) is 33. The molecule has 1 fully saturated rings. The highest BCUT2D eigenvalue weighted by molar-refractivity contribution is 6.42. The zero-order valence-corrected chi connectivity index (χ0v) is 46.1. The number of urea groups is 1. The molecule has 8 atom stereocenters. The molecular formula is C57H103Cl2N3O9. The minimum atomic E-state index is -1.69. The van der Waals surface area contributed by atoms with Crippen LogP contribution >= 0.6 is 23.2 Å². The molecule has 1 heterocycles. The molecule has 0 spiro atoms. The molecule has 0 bridgehead atoms. The van der Waals surface area contributed by atoms with Gasteiger partial charge in [-0.05, 0) is 31.0 Å². The summed E-state index contributed by atoms with van der Waals surface area (Å²) in [5.41, 5.74) is 0.373. The molecule has 1 aromatic carbocycles. The van der Waals surface area contributed by atoms with E-state index >= 15 is 0 Å². The highest BCUT2D eigenvalue weighted by atomic mass is 35.5. The molecule has 14 heteroatoms. The average Bonchev–Trinajstić information content (AvgIpc) is 3.36. The van der Waals surface area contributed by atoms with Crippen LogP contribution in [-0.2, 0) is 14.3 Å². The second-order valence-corrected chi connectivity index (χ2v) is 21.6. The van der Waals surface area contributed by atoms with Gasteiger partial charge in [0.15, 0.2) is 6.29 Å². The van der Waals surface area contributed by atoms with Crippen molar-refractivity contribution in [2.24, 2.45) is 0 Å². The molecule has 2 rings (SSSR count). The lowest BCUT2D eigenvalue weighted by Gasteiger charge is -2.41. The molecule has 71 heavy (non-hydrogen) atoms. The second-order valence-electron chi connectivity index (χ2n) is 20.7. The summed E-state index contributed by atoms with van der Waals surface area (Å²) in [6, 6.07) is 2.87. The first-order chi connectivity index (χ1) is 34.5. The van der Waals surface area contributed by atoms with Gasteiger partial charge in [0.05, 0.1) is 28.8 Å². The van der Waals surface area contributed by atoms with Crippen LogP contribution in [0, 0.1) is 0 Å². The summed E-state index contributed by atoms with van der Waals surface area (Å²) in [6.45, 7) is 3.89. The Balaban J connectivity index is 1.74. The number of aliphatic hydroxyl groups is 5. The van der Waals surface area contributed by atoms with E-state index in [4.69, 9.17) is 32.7 Å². The first-order valence-corrected chi connectivity index (χ1v) is 29.7. The van der Waals surface area contributed by atoms with Gasteiger partial charge >= 0.3 is 6.03 Å². The van der Waals surface area contributed by atoms with Crippen molar-refractivity contribution in [2.45, 2.75) is 300 Å². The largest absolute Gasteiger partial charge is 0.390 e. The zero-order valence-electron chi connectivity index (χ0n) is 44.6. The van der Waals surface area contributed by atoms with Crippen LogP contribution in [0.15, 0.2) is 18.2 Å². The Morgan fingerprint density at radius 1 is 0.577 bits per heavy atom. The molecule has 1 aliphatic rings. The summed E-state index contributed by atoms with van der Waals surface area (Å²) in [6.07, 6.45) is 34.3. The van der Waals surface area contributed by atoms with Gasteiger partial charge in [0.1, 0.15) is 30.5 Å². The maximum atomic E-state index is 13.3. The summed E-state index contributed by atoms with van der Waals surface area (Å²) in [5.74, 6) is -0.283. The molecule has 1 aromatic rings. The first kappa shape index (κ1) is 65.4. The fraction of sp³-hybridized carbons (Fsp3) is 0.860. The van der Waals surface area contributed by atoms with Gasteiger partial charge in [-0.2, -0.15) is 0 Å². The van der Waals surface area contributed by atoms with E-state index in [0.29, 0.717) is 23.6 Å². The molecule has 8 N–H and O–H groups in total. The minimum absolute atomic E-state index is 0.250. The summed E-state index contributed by atoms with van der Waals surface area (Å²) in [5, 5.41) is 63.4. The Bertz CT molecular complexity index is 1450.